The molecule has 3 heteroatoms. The quantitative estimate of drug-likeness (QED) is 0.854. The van der Waals surface area contributed by atoms with Gasteiger partial charge >= 0.3 is 5.97 Å². The molecule has 1 unspecified atom stereocenters. The van der Waals surface area contributed by atoms with Gasteiger partial charge < -0.3 is 10.1 Å². The van der Waals surface area contributed by atoms with E-state index in [2.05, 4.69) is 44.0 Å². The van der Waals surface area contributed by atoms with Crippen LogP contribution in [0.1, 0.15) is 44.2 Å². The number of aryl methyl sites for hydroxylation is 1. The number of carboxylic acid groups (broad SMARTS) is 1. The van der Waals surface area contributed by atoms with Crippen molar-refractivity contribution in [2.24, 2.45) is 5.92 Å². The first-order valence-electron chi connectivity index (χ1n) is 6.84. The summed E-state index contributed by atoms with van der Waals surface area (Å²) in [6, 6.07) is 6.37. The van der Waals surface area contributed by atoms with Crippen LogP contribution < -0.4 is 0 Å². The minimum Gasteiger partial charge on any atom is -0.481 e. The fourth-order valence-electron chi connectivity index (χ4n) is 2.61. The molecule has 0 bridgehead atoms. The number of carboxylic acids is 1. The highest BCUT2D eigenvalue weighted by atomic mass is 16.4. The highest BCUT2D eigenvalue weighted by molar-refractivity contribution is 5.85. The van der Waals surface area contributed by atoms with E-state index in [9.17, 15) is 4.79 Å². The first-order chi connectivity index (χ1) is 9.02. The van der Waals surface area contributed by atoms with Crippen molar-refractivity contribution in [1.29, 1.82) is 0 Å². The summed E-state index contributed by atoms with van der Waals surface area (Å²) in [6.45, 7) is 6.29. The van der Waals surface area contributed by atoms with Crippen LogP contribution in [-0.2, 0) is 11.2 Å². The van der Waals surface area contributed by atoms with Crippen molar-refractivity contribution in [3.63, 3.8) is 0 Å². The van der Waals surface area contributed by atoms with Gasteiger partial charge in [0.15, 0.2) is 0 Å². The van der Waals surface area contributed by atoms with Crippen molar-refractivity contribution in [1.82, 2.24) is 4.98 Å². The van der Waals surface area contributed by atoms with E-state index in [0.29, 0.717) is 5.92 Å². The summed E-state index contributed by atoms with van der Waals surface area (Å²) in [4.78, 5) is 14.3. The van der Waals surface area contributed by atoms with Crippen LogP contribution in [-0.4, -0.2) is 16.1 Å². The molecule has 0 fully saturated rings. The fourth-order valence-corrected chi connectivity index (χ4v) is 2.61. The number of aliphatic carboxylic acids is 1. The first-order valence-corrected chi connectivity index (χ1v) is 6.84. The standard InChI is InChI=1S/C16H21NO2/c1-4-11-5-6-15-13(7-11)14(9-17-15)12(10(2)3)8-16(18)19/h5-7,9-10,12,17H,4,8H2,1-3H3,(H,18,19). The van der Waals surface area contributed by atoms with Gasteiger partial charge in [0.2, 0.25) is 0 Å². The average Bonchev–Trinajstić information content (AvgIpc) is 2.77. The Hall–Kier alpha value is -1.77. The van der Waals surface area contributed by atoms with E-state index >= 15 is 0 Å². The van der Waals surface area contributed by atoms with Gasteiger partial charge in [0.25, 0.3) is 0 Å². The molecule has 2 aromatic rings. The average molecular weight is 259 g/mol. The predicted octanol–water partition coefficient (Wildman–Crippen LogP) is 3.94. The molecule has 0 saturated heterocycles. The molecule has 3 nitrogen and oxygen atoms in total. The molecule has 19 heavy (non-hydrogen) atoms. The number of aromatic amines is 1. The molecule has 0 aliphatic heterocycles. The maximum absolute atomic E-state index is 11.1. The lowest BCUT2D eigenvalue weighted by Gasteiger charge is -2.18. The zero-order valence-corrected chi connectivity index (χ0v) is 11.7. The molecular formula is C16H21NO2. The second-order valence-corrected chi connectivity index (χ2v) is 5.43. The van der Waals surface area contributed by atoms with E-state index in [4.69, 9.17) is 5.11 Å². The molecule has 0 saturated carbocycles. The summed E-state index contributed by atoms with van der Waals surface area (Å²) in [5.41, 5.74) is 3.50. The van der Waals surface area contributed by atoms with Gasteiger partial charge in [-0.3, -0.25) is 4.79 Å². The number of H-pyrrole nitrogens is 1. The Bertz CT molecular complexity index is 583. The first kappa shape index (κ1) is 13.7. The Morgan fingerprint density at radius 1 is 1.37 bits per heavy atom. The van der Waals surface area contributed by atoms with Crippen molar-refractivity contribution in [2.75, 3.05) is 0 Å². The molecule has 2 N–H and O–H groups in total. The molecule has 0 spiro atoms. The third kappa shape index (κ3) is 2.80. The SMILES string of the molecule is CCc1ccc2[nH]cc(C(CC(=O)O)C(C)C)c2c1. The van der Waals surface area contributed by atoms with Crippen LogP contribution in [0.15, 0.2) is 24.4 Å². The maximum atomic E-state index is 11.1. The molecule has 2 rings (SSSR count). The predicted molar refractivity (Wildman–Crippen MR) is 77.5 cm³/mol. The summed E-state index contributed by atoms with van der Waals surface area (Å²) >= 11 is 0. The number of rotatable bonds is 5. The number of hydrogen-bond donors (Lipinski definition) is 2. The summed E-state index contributed by atoms with van der Waals surface area (Å²) in [5.74, 6) is -0.376. The van der Waals surface area contributed by atoms with Crippen LogP contribution in [0.4, 0.5) is 0 Å². The molecule has 0 aliphatic carbocycles. The molecule has 0 radical (unpaired) electrons. The number of hydrogen-bond acceptors (Lipinski definition) is 1. The van der Waals surface area contributed by atoms with E-state index < -0.39 is 5.97 Å². The molecular weight excluding hydrogens is 238 g/mol. The summed E-state index contributed by atoms with van der Waals surface area (Å²) < 4.78 is 0. The normalized spacial score (nSPS) is 13.1. The third-order valence-corrected chi connectivity index (χ3v) is 3.79. The summed E-state index contributed by atoms with van der Waals surface area (Å²) in [7, 11) is 0. The number of fused-ring (bicyclic) bond motifs is 1. The lowest BCUT2D eigenvalue weighted by Crippen LogP contribution is -2.11. The van der Waals surface area contributed by atoms with Crippen LogP contribution in [0.5, 0.6) is 0 Å². The maximum Gasteiger partial charge on any atom is 0.303 e. The minimum absolute atomic E-state index is 0.0540. The van der Waals surface area contributed by atoms with Crippen molar-refractivity contribution in [2.45, 2.75) is 39.5 Å². The van der Waals surface area contributed by atoms with Gasteiger partial charge in [-0.1, -0.05) is 26.8 Å². The fraction of sp³-hybridized carbons (Fsp3) is 0.438. The number of nitrogens with one attached hydrogen (secondary N) is 1. The molecule has 0 aliphatic rings. The van der Waals surface area contributed by atoms with Crippen LogP contribution in [0, 0.1) is 5.92 Å². The molecule has 102 valence electrons. The van der Waals surface area contributed by atoms with E-state index in [0.717, 1.165) is 17.5 Å². The zero-order chi connectivity index (χ0) is 14.0. The van der Waals surface area contributed by atoms with Crippen LogP contribution in [0.2, 0.25) is 0 Å². The van der Waals surface area contributed by atoms with Gasteiger partial charge in [-0.25, -0.2) is 0 Å². The smallest absolute Gasteiger partial charge is 0.303 e. The zero-order valence-electron chi connectivity index (χ0n) is 11.7. The third-order valence-electron chi connectivity index (χ3n) is 3.79. The van der Waals surface area contributed by atoms with Crippen LogP contribution in [0.3, 0.4) is 0 Å². The minimum atomic E-state index is -0.736. The van der Waals surface area contributed by atoms with Gasteiger partial charge in [0.1, 0.15) is 0 Å². The number of benzene rings is 1. The van der Waals surface area contributed by atoms with Gasteiger partial charge in [0.05, 0.1) is 6.42 Å². The molecule has 1 aromatic carbocycles. The van der Waals surface area contributed by atoms with E-state index in [1.807, 2.05) is 6.20 Å². The summed E-state index contributed by atoms with van der Waals surface area (Å²) in [5, 5.41) is 10.3. The van der Waals surface area contributed by atoms with Gasteiger partial charge in [0, 0.05) is 17.1 Å². The van der Waals surface area contributed by atoms with Crippen LogP contribution in [0.25, 0.3) is 10.9 Å². The van der Waals surface area contributed by atoms with E-state index in [1.54, 1.807) is 0 Å². The lowest BCUT2D eigenvalue weighted by molar-refractivity contribution is -0.137. The van der Waals surface area contributed by atoms with Crippen molar-refractivity contribution >= 4 is 16.9 Å². The van der Waals surface area contributed by atoms with Gasteiger partial charge in [-0.05, 0) is 41.5 Å². The molecule has 1 atom stereocenters. The Labute approximate surface area is 113 Å². The lowest BCUT2D eigenvalue weighted by atomic mass is 9.85. The highest BCUT2D eigenvalue weighted by Crippen LogP contribution is 2.33. The largest absolute Gasteiger partial charge is 0.481 e. The Kier molecular flexibility index (Phi) is 3.93. The van der Waals surface area contributed by atoms with E-state index in [1.165, 1.54) is 10.9 Å². The number of aromatic nitrogens is 1. The van der Waals surface area contributed by atoms with Crippen molar-refractivity contribution < 1.29 is 9.90 Å². The molecule has 1 heterocycles. The van der Waals surface area contributed by atoms with Crippen molar-refractivity contribution in [3.05, 3.63) is 35.5 Å². The van der Waals surface area contributed by atoms with Crippen molar-refractivity contribution in [3.8, 4) is 0 Å². The highest BCUT2D eigenvalue weighted by Gasteiger charge is 2.22. The second-order valence-electron chi connectivity index (χ2n) is 5.43. The Morgan fingerprint density at radius 2 is 2.11 bits per heavy atom. The summed E-state index contributed by atoms with van der Waals surface area (Å²) in [6.07, 6.45) is 3.14. The monoisotopic (exact) mass is 259 g/mol. The van der Waals surface area contributed by atoms with Gasteiger partial charge in [-0.15, -0.1) is 0 Å². The van der Waals surface area contributed by atoms with Crippen LogP contribution >= 0.6 is 0 Å². The number of carbonyl (C=O) groups is 1. The Morgan fingerprint density at radius 3 is 2.68 bits per heavy atom. The van der Waals surface area contributed by atoms with E-state index in [-0.39, 0.29) is 12.3 Å². The van der Waals surface area contributed by atoms with Gasteiger partial charge in [-0.2, -0.15) is 0 Å². The topological polar surface area (TPSA) is 53.1 Å². The molecule has 1 aromatic heterocycles. The Balaban J connectivity index is 2.49. The second kappa shape index (κ2) is 5.47. The molecule has 0 amide bonds.